The molecule has 3 amide bonds. The number of nitrogen functional groups attached to an aromatic ring is 1. The summed E-state index contributed by atoms with van der Waals surface area (Å²) in [5.74, 6) is -2.18. The number of nitrogens with two attached hydrogens (primary N) is 2. The van der Waals surface area contributed by atoms with Crippen LogP contribution in [0.3, 0.4) is 0 Å². The summed E-state index contributed by atoms with van der Waals surface area (Å²) in [5, 5.41) is 13.3. The van der Waals surface area contributed by atoms with Gasteiger partial charge < -0.3 is 27.2 Å². The predicted molar refractivity (Wildman–Crippen MR) is 68.2 cm³/mol. The monoisotopic (exact) mass is 266 g/mol. The number of primary amides is 1. The molecule has 1 unspecified atom stereocenters. The van der Waals surface area contributed by atoms with Crippen molar-refractivity contribution in [2.75, 3.05) is 11.1 Å². The molecular formula is C11H14N4O4. The number of hydrogen-bond acceptors (Lipinski definition) is 4. The Labute approximate surface area is 108 Å². The summed E-state index contributed by atoms with van der Waals surface area (Å²) in [5.41, 5.74) is 11.2. The van der Waals surface area contributed by atoms with Gasteiger partial charge in [-0.25, -0.2) is 9.59 Å². The van der Waals surface area contributed by atoms with E-state index in [-0.39, 0.29) is 0 Å². The van der Waals surface area contributed by atoms with E-state index in [0.717, 1.165) is 0 Å². The molecule has 0 aliphatic carbocycles. The van der Waals surface area contributed by atoms with Gasteiger partial charge >= 0.3 is 12.0 Å². The zero-order valence-corrected chi connectivity index (χ0v) is 9.92. The highest BCUT2D eigenvalue weighted by Gasteiger charge is 2.22. The number of urea groups is 1. The molecular weight excluding hydrogens is 252 g/mol. The fourth-order valence-corrected chi connectivity index (χ4v) is 1.33. The van der Waals surface area contributed by atoms with Gasteiger partial charge in [0.05, 0.1) is 17.8 Å². The van der Waals surface area contributed by atoms with Crippen LogP contribution in [0, 0.1) is 0 Å². The van der Waals surface area contributed by atoms with Crippen molar-refractivity contribution in [2.24, 2.45) is 5.73 Å². The SMILES string of the molecule is NC(=O)CC(NC(=O)Nc1ccccc1N)C(=O)O. The van der Waals surface area contributed by atoms with Crippen LogP contribution in [-0.2, 0) is 9.59 Å². The number of nitrogens with one attached hydrogen (secondary N) is 2. The summed E-state index contributed by atoms with van der Waals surface area (Å²) in [4.78, 5) is 33.1. The Hall–Kier alpha value is -2.77. The molecule has 19 heavy (non-hydrogen) atoms. The third kappa shape index (κ3) is 4.54. The third-order valence-electron chi connectivity index (χ3n) is 2.22. The van der Waals surface area contributed by atoms with E-state index in [0.29, 0.717) is 11.4 Å². The van der Waals surface area contributed by atoms with Gasteiger partial charge in [-0.15, -0.1) is 0 Å². The van der Waals surface area contributed by atoms with Crippen LogP contribution in [0.5, 0.6) is 0 Å². The quantitative estimate of drug-likeness (QED) is 0.465. The molecule has 1 rings (SSSR count). The van der Waals surface area contributed by atoms with Gasteiger partial charge in [0.25, 0.3) is 0 Å². The van der Waals surface area contributed by atoms with E-state index in [2.05, 4.69) is 10.6 Å². The van der Waals surface area contributed by atoms with Crippen molar-refractivity contribution in [3.8, 4) is 0 Å². The lowest BCUT2D eigenvalue weighted by molar-refractivity contribution is -0.140. The van der Waals surface area contributed by atoms with E-state index in [9.17, 15) is 14.4 Å². The number of carbonyl (C=O) groups is 3. The topological polar surface area (TPSA) is 148 Å². The zero-order valence-electron chi connectivity index (χ0n) is 9.92. The normalized spacial score (nSPS) is 11.4. The van der Waals surface area contributed by atoms with Crippen LogP contribution in [0.2, 0.25) is 0 Å². The average molecular weight is 266 g/mol. The maximum atomic E-state index is 11.6. The highest BCUT2D eigenvalue weighted by atomic mass is 16.4. The molecule has 0 heterocycles. The van der Waals surface area contributed by atoms with Crippen molar-refractivity contribution >= 4 is 29.3 Å². The van der Waals surface area contributed by atoms with Gasteiger partial charge in [0, 0.05) is 0 Å². The molecule has 7 N–H and O–H groups in total. The second kappa shape index (κ2) is 6.24. The minimum Gasteiger partial charge on any atom is -0.480 e. The second-order valence-corrected chi connectivity index (χ2v) is 3.75. The molecule has 1 atom stereocenters. The van der Waals surface area contributed by atoms with Gasteiger partial charge in [-0.2, -0.15) is 0 Å². The summed E-state index contributed by atoms with van der Waals surface area (Å²) >= 11 is 0. The first-order chi connectivity index (χ1) is 8.90. The number of aliphatic carboxylic acids is 1. The molecule has 1 aromatic carbocycles. The van der Waals surface area contributed by atoms with Gasteiger partial charge in [-0.1, -0.05) is 12.1 Å². The first-order valence-corrected chi connectivity index (χ1v) is 5.33. The molecule has 1 aromatic rings. The van der Waals surface area contributed by atoms with Crippen molar-refractivity contribution in [1.82, 2.24) is 5.32 Å². The average Bonchev–Trinajstić information content (AvgIpc) is 2.30. The Bertz CT molecular complexity index is 503. The molecule has 0 radical (unpaired) electrons. The third-order valence-corrected chi connectivity index (χ3v) is 2.22. The number of benzene rings is 1. The van der Waals surface area contributed by atoms with Gasteiger partial charge in [-0.05, 0) is 12.1 Å². The summed E-state index contributed by atoms with van der Waals surface area (Å²) in [6.45, 7) is 0. The molecule has 0 saturated carbocycles. The standard InChI is InChI=1S/C11H14N4O4/c12-6-3-1-2-4-7(6)14-11(19)15-8(10(17)18)5-9(13)16/h1-4,8H,5,12H2,(H2,13,16)(H,17,18)(H2,14,15,19). The largest absolute Gasteiger partial charge is 0.480 e. The molecule has 0 saturated heterocycles. The molecule has 0 aromatic heterocycles. The number of para-hydroxylation sites is 2. The molecule has 8 heteroatoms. The highest BCUT2D eigenvalue weighted by molar-refractivity contribution is 5.95. The van der Waals surface area contributed by atoms with Crippen LogP contribution in [-0.4, -0.2) is 29.1 Å². The molecule has 0 aliphatic heterocycles. The van der Waals surface area contributed by atoms with Crippen molar-refractivity contribution in [3.63, 3.8) is 0 Å². The summed E-state index contributed by atoms with van der Waals surface area (Å²) in [6.07, 6.45) is -0.493. The van der Waals surface area contributed by atoms with Gasteiger partial charge in [0.1, 0.15) is 6.04 Å². The van der Waals surface area contributed by atoms with Gasteiger partial charge in [0.15, 0.2) is 0 Å². The highest BCUT2D eigenvalue weighted by Crippen LogP contribution is 2.16. The lowest BCUT2D eigenvalue weighted by atomic mass is 10.2. The Balaban J connectivity index is 2.65. The Morgan fingerprint density at radius 2 is 1.89 bits per heavy atom. The molecule has 8 nitrogen and oxygen atoms in total. The number of carboxylic acid groups (broad SMARTS) is 1. The number of hydrogen-bond donors (Lipinski definition) is 5. The van der Waals surface area contributed by atoms with Crippen molar-refractivity contribution in [2.45, 2.75) is 12.5 Å². The Morgan fingerprint density at radius 3 is 2.42 bits per heavy atom. The van der Waals surface area contributed by atoms with Crippen LogP contribution in [0.1, 0.15) is 6.42 Å². The van der Waals surface area contributed by atoms with Crippen molar-refractivity contribution < 1.29 is 19.5 Å². The second-order valence-electron chi connectivity index (χ2n) is 3.75. The molecule has 102 valence electrons. The number of carboxylic acids is 1. The fraction of sp³-hybridized carbons (Fsp3) is 0.182. The van der Waals surface area contributed by atoms with E-state index in [1.165, 1.54) is 0 Å². The zero-order chi connectivity index (χ0) is 14.4. The van der Waals surface area contributed by atoms with Crippen LogP contribution in [0.4, 0.5) is 16.2 Å². The van der Waals surface area contributed by atoms with E-state index in [4.69, 9.17) is 16.6 Å². The van der Waals surface area contributed by atoms with Crippen LogP contribution in [0.25, 0.3) is 0 Å². The Kier molecular flexibility index (Phi) is 4.69. The maximum Gasteiger partial charge on any atom is 0.326 e. The molecule has 0 spiro atoms. The van der Waals surface area contributed by atoms with Gasteiger partial charge in [-0.3, -0.25) is 4.79 Å². The number of carbonyl (C=O) groups excluding carboxylic acids is 2. The molecule has 0 fully saturated rings. The van der Waals surface area contributed by atoms with E-state index < -0.39 is 30.4 Å². The van der Waals surface area contributed by atoms with Crippen LogP contribution in [0.15, 0.2) is 24.3 Å². The van der Waals surface area contributed by atoms with Crippen LogP contribution >= 0.6 is 0 Å². The lowest BCUT2D eigenvalue weighted by Gasteiger charge is -2.14. The maximum absolute atomic E-state index is 11.6. The first-order valence-electron chi connectivity index (χ1n) is 5.33. The van der Waals surface area contributed by atoms with E-state index in [1.54, 1.807) is 24.3 Å². The smallest absolute Gasteiger partial charge is 0.326 e. The van der Waals surface area contributed by atoms with Crippen molar-refractivity contribution in [3.05, 3.63) is 24.3 Å². The summed E-state index contributed by atoms with van der Waals surface area (Å²) in [6, 6.07) is 4.30. The number of anilines is 2. The minimum atomic E-state index is -1.39. The van der Waals surface area contributed by atoms with E-state index in [1.807, 2.05) is 0 Å². The summed E-state index contributed by atoms with van der Waals surface area (Å²) < 4.78 is 0. The van der Waals surface area contributed by atoms with Crippen LogP contribution < -0.4 is 22.1 Å². The fourth-order valence-electron chi connectivity index (χ4n) is 1.33. The first kappa shape index (κ1) is 14.3. The predicted octanol–water partition coefficient (Wildman–Crippen LogP) is -0.281. The minimum absolute atomic E-state index is 0.333. The lowest BCUT2D eigenvalue weighted by Crippen LogP contribution is -2.45. The number of rotatable bonds is 5. The molecule has 0 aliphatic rings. The summed E-state index contributed by atoms with van der Waals surface area (Å²) in [7, 11) is 0. The van der Waals surface area contributed by atoms with Gasteiger partial charge in [0.2, 0.25) is 5.91 Å². The van der Waals surface area contributed by atoms with E-state index >= 15 is 0 Å². The Morgan fingerprint density at radius 1 is 1.26 bits per heavy atom. The van der Waals surface area contributed by atoms with Crippen molar-refractivity contribution in [1.29, 1.82) is 0 Å². The molecule has 0 bridgehead atoms. The number of amides is 3.